The fraction of sp³-hybridized carbons (Fsp3) is 0.333. The SMILES string of the molecule is NC(=O)CCC(NC(=O)c1c2c(nc3ccc(Cl)cc13)CCC2)C(=O)O. The Balaban J connectivity index is 2.00. The predicted octanol–water partition coefficient (Wildman–Crippen LogP) is 1.83. The zero-order chi connectivity index (χ0) is 18.8. The lowest BCUT2D eigenvalue weighted by Gasteiger charge is -2.17. The maximum absolute atomic E-state index is 12.9. The standard InChI is InChI=1S/C18H18ClN3O4/c19-9-4-5-13-11(8-9)16(10-2-1-3-12(10)21-13)17(24)22-14(18(25)26)6-7-15(20)23/h4-5,8,14H,1-3,6-7H2,(H2,20,23)(H,22,24)(H,25,26). The van der Waals surface area contributed by atoms with E-state index in [1.54, 1.807) is 18.2 Å². The summed E-state index contributed by atoms with van der Waals surface area (Å²) in [5.41, 5.74) is 7.82. The first-order valence-corrected chi connectivity index (χ1v) is 8.67. The molecule has 0 radical (unpaired) electrons. The quantitative estimate of drug-likeness (QED) is 0.710. The number of aryl methyl sites for hydroxylation is 1. The molecule has 0 fully saturated rings. The van der Waals surface area contributed by atoms with Crippen molar-refractivity contribution < 1.29 is 19.5 Å². The van der Waals surface area contributed by atoms with Crippen molar-refractivity contribution in [1.82, 2.24) is 10.3 Å². The molecule has 0 saturated heterocycles. The fourth-order valence-corrected chi connectivity index (χ4v) is 3.44. The molecule has 2 aromatic rings. The minimum absolute atomic E-state index is 0.0671. The van der Waals surface area contributed by atoms with Crippen LogP contribution in [0.1, 0.15) is 40.9 Å². The lowest BCUT2D eigenvalue weighted by atomic mass is 10.00. The molecule has 136 valence electrons. The summed E-state index contributed by atoms with van der Waals surface area (Å²) >= 11 is 6.08. The number of carbonyl (C=O) groups is 3. The monoisotopic (exact) mass is 375 g/mol. The van der Waals surface area contributed by atoms with Crippen molar-refractivity contribution >= 4 is 40.3 Å². The van der Waals surface area contributed by atoms with E-state index in [4.69, 9.17) is 17.3 Å². The first-order valence-electron chi connectivity index (χ1n) is 8.30. The highest BCUT2D eigenvalue weighted by atomic mass is 35.5. The third kappa shape index (κ3) is 3.62. The van der Waals surface area contributed by atoms with E-state index in [0.29, 0.717) is 27.9 Å². The normalized spacial score (nSPS) is 14.0. The number of primary amides is 1. The molecule has 0 saturated carbocycles. The number of aliphatic carboxylic acids is 1. The molecule has 1 aliphatic rings. The molecule has 26 heavy (non-hydrogen) atoms. The summed E-state index contributed by atoms with van der Waals surface area (Å²) in [5.74, 6) is -2.34. The van der Waals surface area contributed by atoms with E-state index in [9.17, 15) is 19.5 Å². The fourth-order valence-electron chi connectivity index (χ4n) is 3.27. The molecule has 1 atom stereocenters. The Labute approximate surface area is 154 Å². The van der Waals surface area contributed by atoms with Gasteiger partial charge in [-0.05, 0) is 49.4 Å². The number of amides is 2. The van der Waals surface area contributed by atoms with Crippen LogP contribution in [0.15, 0.2) is 18.2 Å². The molecule has 0 bridgehead atoms. The van der Waals surface area contributed by atoms with Gasteiger partial charge in [-0.25, -0.2) is 4.79 Å². The number of carboxylic acids is 1. The third-order valence-electron chi connectivity index (χ3n) is 4.48. The topological polar surface area (TPSA) is 122 Å². The summed E-state index contributed by atoms with van der Waals surface area (Å²) in [6.07, 6.45) is 2.17. The number of hydrogen-bond donors (Lipinski definition) is 3. The highest BCUT2D eigenvalue weighted by molar-refractivity contribution is 6.31. The average Bonchev–Trinajstić information content (AvgIpc) is 3.03. The largest absolute Gasteiger partial charge is 0.480 e. The van der Waals surface area contributed by atoms with Crippen LogP contribution in [-0.2, 0) is 22.4 Å². The molecule has 1 aromatic heterocycles. The number of carbonyl (C=O) groups excluding carboxylic acids is 2. The lowest BCUT2D eigenvalue weighted by Crippen LogP contribution is -2.41. The Morgan fingerprint density at radius 1 is 1.31 bits per heavy atom. The van der Waals surface area contributed by atoms with Gasteiger partial charge in [0.2, 0.25) is 5.91 Å². The Hall–Kier alpha value is -2.67. The summed E-state index contributed by atoms with van der Waals surface area (Å²) in [6.45, 7) is 0. The third-order valence-corrected chi connectivity index (χ3v) is 4.72. The molecule has 1 aliphatic carbocycles. The zero-order valence-electron chi connectivity index (χ0n) is 13.9. The van der Waals surface area contributed by atoms with E-state index in [1.165, 1.54) is 0 Å². The van der Waals surface area contributed by atoms with Crippen LogP contribution in [0.5, 0.6) is 0 Å². The molecule has 2 amide bonds. The van der Waals surface area contributed by atoms with Crippen molar-refractivity contribution in [1.29, 1.82) is 0 Å². The van der Waals surface area contributed by atoms with Gasteiger partial charge in [0, 0.05) is 22.5 Å². The summed E-state index contributed by atoms with van der Waals surface area (Å²) in [4.78, 5) is 39.9. The van der Waals surface area contributed by atoms with E-state index in [0.717, 1.165) is 24.1 Å². The molecule has 1 heterocycles. The van der Waals surface area contributed by atoms with Crippen molar-refractivity contribution in [3.05, 3.63) is 40.0 Å². The van der Waals surface area contributed by atoms with Crippen LogP contribution < -0.4 is 11.1 Å². The van der Waals surface area contributed by atoms with E-state index < -0.39 is 23.8 Å². The second-order valence-electron chi connectivity index (χ2n) is 6.30. The van der Waals surface area contributed by atoms with Crippen molar-refractivity contribution in [3.8, 4) is 0 Å². The molecule has 4 N–H and O–H groups in total. The van der Waals surface area contributed by atoms with Gasteiger partial charge in [-0.2, -0.15) is 0 Å². The zero-order valence-corrected chi connectivity index (χ0v) is 14.7. The number of hydrogen-bond acceptors (Lipinski definition) is 4. The van der Waals surface area contributed by atoms with E-state index in [1.807, 2.05) is 0 Å². The second kappa shape index (κ2) is 7.29. The van der Waals surface area contributed by atoms with Gasteiger partial charge >= 0.3 is 5.97 Å². The van der Waals surface area contributed by atoms with Gasteiger partial charge in [-0.3, -0.25) is 14.6 Å². The molecule has 1 unspecified atom stereocenters. The van der Waals surface area contributed by atoms with E-state index in [-0.39, 0.29) is 12.8 Å². The molecular formula is C18H18ClN3O4. The molecule has 1 aromatic carbocycles. The number of nitrogens with zero attached hydrogens (tertiary/aromatic N) is 1. The lowest BCUT2D eigenvalue weighted by molar-refractivity contribution is -0.139. The van der Waals surface area contributed by atoms with Gasteiger partial charge in [0.05, 0.1) is 11.1 Å². The minimum Gasteiger partial charge on any atom is -0.480 e. The van der Waals surface area contributed by atoms with Crippen LogP contribution in [0.3, 0.4) is 0 Å². The molecule has 3 rings (SSSR count). The van der Waals surface area contributed by atoms with E-state index >= 15 is 0 Å². The number of pyridine rings is 1. The average molecular weight is 376 g/mol. The van der Waals surface area contributed by atoms with Crippen molar-refractivity contribution in [3.63, 3.8) is 0 Å². The maximum atomic E-state index is 12.9. The Morgan fingerprint density at radius 3 is 2.77 bits per heavy atom. The number of aromatic nitrogens is 1. The Kier molecular flexibility index (Phi) is 5.08. The van der Waals surface area contributed by atoms with E-state index in [2.05, 4.69) is 10.3 Å². The minimum atomic E-state index is -1.22. The number of halogens is 1. The number of fused-ring (bicyclic) bond motifs is 2. The number of nitrogens with one attached hydrogen (secondary N) is 1. The van der Waals surface area contributed by atoms with Gasteiger partial charge in [-0.15, -0.1) is 0 Å². The van der Waals surface area contributed by atoms with Gasteiger partial charge in [0.15, 0.2) is 0 Å². The smallest absolute Gasteiger partial charge is 0.326 e. The predicted molar refractivity (Wildman–Crippen MR) is 96.1 cm³/mol. The number of carboxylic acid groups (broad SMARTS) is 1. The first-order chi connectivity index (χ1) is 12.4. The highest BCUT2D eigenvalue weighted by Crippen LogP contribution is 2.31. The summed E-state index contributed by atoms with van der Waals surface area (Å²) in [6, 6.07) is 3.91. The Morgan fingerprint density at radius 2 is 2.08 bits per heavy atom. The first kappa shape index (κ1) is 18.1. The van der Waals surface area contributed by atoms with Crippen LogP contribution >= 0.6 is 11.6 Å². The molecular weight excluding hydrogens is 358 g/mol. The molecule has 0 aliphatic heterocycles. The van der Waals surface area contributed by atoms with Crippen LogP contribution in [-0.4, -0.2) is 33.9 Å². The second-order valence-corrected chi connectivity index (χ2v) is 6.73. The number of benzene rings is 1. The van der Waals surface area contributed by atoms with Crippen LogP contribution in [0.25, 0.3) is 10.9 Å². The van der Waals surface area contributed by atoms with Crippen molar-refractivity contribution in [2.24, 2.45) is 5.73 Å². The van der Waals surface area contributed by atoms with Gasteiger partial charge in [-0.1, -0.05) is 11.6 Å². The van der Waals surface area contributed by atoms with Gasteiger partial charge in [0.25, 0.3) is 5.91 Å². The summed E-state index contributed by atoms with van der Waals surface area (Å²) in [7, 11) is 0. The summed E-state index contributed by atoms with van der Waals surface area (Å²) < 4.78 is 0. The van der Waals surface area contributed by atoms with Crippen molar-refractivity contribution in [2.75, 3.05) is 0 Å². The van der Waals surface area contributed by atoms with Gasteiger partial charge in [0.1, 0.15) is 6.04 Å². The number of nitrogens with two attached hydrogens (primary N) is 1. The van der Waals surface area contributed by atoms with Crippen LogP contribution in [0, 0.1) is 0 Å². The number of rotatable bonds is 6. The molecule has 7 nitrogen and oxygen atoms in total. The molecule has 8 heteroatoms. The van der Waals surface area contributed by atoms with Crippen molar-refractivity contribution in [2.45, 2.75) is 38.1 Å². The molecule has 0 spiro atoms. The summed E-state index contributed by atoms with van der Waals surface area (Å²) in [5, 5.41) is 12.9. The van der Waals surface area contributed by atoms with Gasteiger partial charge < -0.3 is 16.2 Å². The van der Waals surface area contributed by atoms with Crippen LogP contribution in [0.2, 0.25) is 5.02 Å². The Bertz CT molecular complexity index is 913. The maximum Gasteiger partial charge on any atom is 0.326 e. The van der Waals surface area contributed by atoms with Crippen LogP contribution in [0.4, 0.5) is 0 Å². The highest BCUT2D eigenvalue weighted by Gasteiger charge is 2.27.